The van der Waals surface area contributed by atoms with E-state index in [1.165, 1.54) is 4.90 Å². The molecule has 156 valence electrons. The number of nitrogens with one attached hydrogen (secondary N) is 3. The second-order valence-corrected chi connectivity index (χ2v) is 7.88. The van der Waals surface area contributed by atoms with Gasteiger partial charge in [0.05, 0.1) is 6.42 Å². The number of carbonyl (C=O) groups is 4. The number of aromatic amines is 1. The summed E-state index contributed by atoms with van der Waals surface area (Å²) in [5.74, 6) is -1.16. The van der Waals surface area contributed by atoms with Crippen molar-refractivity contribution in [3.8, 4) is 0 Å². The molecule has 3 N–H and O–H groups in total. The fourth-order valence-corrected chi connectivity index (χ4v) is 4.26. The molecular weight excluding hydrogens is 396 g/mol. The smallest absolute Gasteiger partial charge is 0.255 e. The number of imide groups is 1. The van der Waals surface area contributed by atoms with Crippen LogP contribution in [0.2, 0.25) is 0 Å². The quantitative estimate of drug-likeness (QED) is 0.566. The molecule has 0 radical (unpaired) electrons. The normalized spacial score (nSPS) is 18.3. The second-order valence-electron chi connectivity index (χ2n) is 7.88. The van der Waals surface area contributed by atoms with E-state index in [4.69, 9.17) is 0 Å². The number of para-hydroxylation sites is 1. The fourth-order valence-electron chi connectivity index (χ4n) is 4.26. The van der Waals surface area contributed by atoms with Gasteiger partial charge in [-0.15, -0.1) is 0 Å². The molecule has 31 heavy (non-hydrogen) atoms. The van der Waals surface area contributed by atoms with Gasteiger partial charge in [0.2, 0.25) is 17.7 Å². The Kier molecular flexibility index (Phi) is 4.54. The van der Waals surface area contributed by atoms with Crippen LogP contribution in [0.1, 0.15) is 34.5 Å². The number of benzene rings is 2. The highest BCUT2D eigenvalue weighted by Crippen LogP contribution is 2.29. The summed E-state index contributed by atoms with van der Waals surface area (Å²) < 4.78 is 0. The number of amides is 4. The zero-order chi connectivity index (χ0) is 21.5. The van der Waals surface area contributed by atoms with Gasteiger partial charge in [0.15, 0.2) is 0 Å². The zero-order valence-corrected chi connectivity index (χ0v) is 16.6. The Morgan fingerprint density at radius 2 is 1.94 bits per heavy atom. The third-order valence-corrected chi connectivity index (χ3v) is 5.74. The molecule has 2 aromatic carbocycles. The highest BCUT2D eigenvalue weighted by atomic mass is 16.2. The number of nitrogens with zero attached hydrogens (tertiary/aromatic N) is 1. The van der Waals surface area contributed by atoms with Gasteiger partial charge in [-0.25, -0.2) is 0 Å². The molecule has 2 aliphatic rings. The molecule has 3 aromatic rings. The van der Waals surface area contributed by atoms with Crippen LogP contribution in [0.25, 0.3) is 10.9 Å². The maximum absolute atomic E-state index is 12.8. The first kappa shape index (κ1) is 19.0. The Labute approximate surface area is 177 Å². The molecule has 1 atom stereocenters. The summed E-state index contributed by atoms with van der Waals surface area (Å²) in [4.78, 5) is 53.5. The van der Waals surface area contributed by atoms with Gasteiger partial charge >= 0.3 is 0 Å². The van der Waals surface area contributed by atoms with Crippen molar-refractivity contribution in [1.82, 2.24) is 15.2 Å². The van der Waals surface area contributed by atoms with Crippen LogP contribution in [0.3, 0.4) is 0 Å². The van der Waals surface area contributed by atoms with E-state index in [9.17, 15) is 19.2 Å². The summed E-state index contributed by atoms with van der Waals surface area (Å²) in [5.41, 5.74) is 3.66. The van der Waals surface area contributed by atoms with E-state index in [0.717, 1.165) is 22.2 Å². The molecule has 1 saturated heterocycles. The molecule has 8 heteroatoms. The molecule has 4 amide bonds. The Morgan fingerprint density at radius 3 is 2.74 bits per heavy atom. The number of hydrogen-bond acceptors (Lipinski definition) is 4. The van der Waals surface area contributed by atoms with E-state index in [2.05, 4.69) is 15.6 Å². The van der Waals surface area contributed by atoms with Crippen molar-refractivity contribution in [2.24, 2.45) is 0 Å². The first-order valence-electron chi connectivity index (χ1n) is 10.1. The van der Waals surface area contributed by atoms with Crippen molar-refractivity contribution in [2.75, 3.05) is 5.32 Å². The van der Waals surface area contributed by atoms with Crippen LogP contribution in [-0.2, 0) is 27.3 Å². The Balaban J connectivity index is 1.28. The van der Waals surface area contributed by atoms with Gasteiger partial charge in [-0.05, 0) is 47.7 Å². The lowest BCUT2D eigenvalue weighted by molar-refractivity contribution is -0.137. The van der Waals surface area contributed by atoms with Gasteiger partial charge in [-0.3, -0.25) is 24.5 Å². The monoisotopic (exact) mass is 416 g/mol. The number of anilines is 1. The van der Waals surface area contributed by atoms with Gasteiger partial charge in [0.1, 0.15) is 6.04 Å². The standard InChI is InChI=1S/C23H20N4O4/c28-20-8-7-19(22(30)26-20)27-12-14-10-15(5-6-17(14)23(27)31)25-21(29)11-16-9-13-3-1-2-4-18(13)24-16/h1-6,9-10,19,24H,7-8,11-12H2,(H,25,29)(H,26,28,30). The van der Waals surface area contributed by atoms with Gasteiger partial charge in [0, 0.05) is 35.4 Å². The van der Waals surface area contributed by atoms with Crippen LogP contribution in [0.4, 0.5) is 5.69 Å². The largest absolute Gasteiger partial charge is 0.358 e. The molecule has 0 aliphatic carbocycles. The third kappa shape index (κ3) is 3.56. The van der Waals surface area contributed by atoms with E-state index < -0.39 is 11.9 Å². The summed E-state index contributed by atoms with van der Waals surface area (Å²) in [6.07, 6.45) is 0.733. The SMILES string of the molecule is O=C1CCC(N2Cc3cc(NC(=O)Cc4cc5ccccc5[nH]4)ccc3C2=O)C(=O)N1. The van der Waals surface area contributed by atoms with Gasteiger partial charge < -0.3 is 15.2 Å². The van der Waals surface area contributed by atoms with Crippen molar-refractivity contribution in [3.05, 3.63) is 65.4 Å². The summed E-state index contributed by atoms with van der Waals surface area (Å²) in [5, 5.41) is 6.22. The molecule has 2 aliphatic heterocycles. The van der Waals surface area contributed by atoms with Gasteiger partial charge in [-0.2, -0.15) is 0 Å². The number of fused-ring (bicyclic) bond motifs is 2. The molecule has 0 spiro atoms. The fraction of sp³-hybridized carbons (Fsp3) is 0.217. The molecule has 1 unspecified atom stereocenters. The van der Waals surface area contributed by atoms with E-state index in [1.54, 1.807) is 18.2 Å². The van der Waals surface area contributed by atoms with Crippen LogP contribution in [-0.4, -0.2) is 39.6 Å². The Hall–Kier alpha value is -3.94. The Bertz CT molecular complexity index is 1210. The second kappa shape index (κ2) is 7.39. The lowest BCUT2D eigenvalue weighted by atomic mass is 10.0. The Morgan fingerprint density at radius 1 is 1.10 bits per heavy atom. The highest BCUT2D eigenvalue weighted by Gasteiger charge is 2.39. The minimum absolute atomic E-state index is 0.169. The third-order valence-electron chi connectivity index (χ3n) is 5.74. The number of piperidine rings is 1. The van der Waals surface area contributed by atoms with Gasteiger partial charge in [0.25, 0.3) is 5.91 Å². The topological polar surface area (TPSA) is 111 Å². The summed E-state index contributed by atoms with van der Waals surface area (Å²) >= 11 is 0. The maximum Gasteiger partial charge on any atom is 0.255 e. The number of H-pyrrole nitrogens is 1. The minimum Gasteiger partial charge on any atom is -0.358 e. The molecule has 0 saturated carbocycles. The predicted octanol–water partition coefficient (Wildman–Crippen LogP) is 2.11. The minimum atomic E-state index is -0.655. The molecule has 1 aromatic heterocycles. The van der Waals surface area contributed by atoms with E-state index in [-0.39, 0.29) is 37.1 Å². The number of rotatable bonds is 4. The number of carbonyl (C=O) groups excluding carboxylic acids is 4. The molecule has 5 rings (SSSR count). The van der Waals surface area contributed by atoms with Crippen LogP contribution in [0.15, 0.2) is 48.5 Å². The first-order chi connectivity index (χ1) is 15.0. The van der Waals surface area contributed by atoms with Crippen LogP contribution in [0.5, 0.6) is 0 Å². The molecule has 0 bridgehead atoms. The predicted molar refractivity (Wildman–Crippen MR) is 113 cm³/mol. The average molecular weight is 416 g/mol. The van der Waals surface area contributed by atoms with Crippen LogP contribution < -0.4 is 10.6 Å². The van der Waals surface area contributed by atoms with Crippen LogP contribution in [0, 0.1) is 0 Å². The van der Waals surface area contributed by atoms with Crippen molar-refractivity contribution in [1.29, 1.82) is 0 Å². The lowest BCUT2D eigenvalue weighted by Gasteiger charge is -2.29. The van der Waals surface area contributed by atoms with Crippen molar-refractivity contribution in [2.45, 2.75) is 31.8 Å². The van der Waals surface area contributed by atoms with E-state index in [1.807, 2.05) is 30.3 Å². The zero-order valence-electron chi connectivity index (χ0n) is 16.6. The maximum atomic E-state index is 12.8. The van der Waals surface area contributed by atoms with E-state index in [0.29, 0.717) is 17.7 Å². The summed E-state index contributed by atoms with van der Waals surface area (Å²) in [7, 11) is 0. The summed E-state index contributed by atoms with van der Waals surface area (Å²) in [6.45, 7) is 0.270. The lowest BCUT2D eigenvalue weighted by Crippen LogP contribution is -2.52. The average Bonchev–Trinajstić information content (AvgIpc) is 3.28. The highest BCUT2D eigenvalue weighted by molar-refractivity contribution is 6.05. The summed E-state index contributed by atoms with van der Waals surface area (Å²) in [6, 6.07) is 14.3. The number of hydrogen-bond donors (Lipinski definition) is 3. The van der Waals surface area contributed by atoms with Crippen molar-refractivity contribution >= 4 is 40.2 Å². The van der Waals surface area contributed by atoms with Crippen LogP contribution >= 0.6 is 0 Å². The molecular formula is C23H20N4O4. The first-order valence-corrected chi connectivity index (χ1v) is 10.1. The van der Waals surface area contributed by atoms with Crippen molar-refractivity contribution in [3.63, 3.8) is 0 Å². The van der Waals surface area contributed by atoms with E-state index >= 15 is 0 Å². The molecule has 3 heterocycles. The number of aromatic nitrogens is 1. The molecule has 8 nitrogen and oxygen atoms in total. The molecule has 1 fully saturated rings. The van der Waals surface area contributed by atoms with Gasteiger partial charge in [-0.1, -0.05) is 18.2 Å². The van der Waals surface area contributed by atoms with Crippen molar-refractivity contribution < 1.29 is 19.2 Å².